The average Bonchev–Trinajstić information content (AvgIpc) is 3.09. The summed E-state index contributed by atoms with van der Waals surface area (Å²) >= 11 is 1.32. The molecule has 0 aliphatic rings. The number of thiophene rings is 1. The quantitative estimate of drug-likeness (QED) is 0.851. The Bertz CT molecular complexity index is 685. The highest BCUT2D eigenvalue weighted by molar-refractivity contribution is 7.12. The van der Waals surface area contributed by atoms with E-state index in [9.17, 15) is 9.59 Å². The number of amides is 2. The van der Waals surface area contributed by atoms with E-state index >= 15 is 0 Å². The average molecular weight is 334 g/mol. The fourth-order valence-electron chi connectivity index (χ4n) is 1.89. The molecule has 0 saturated heterocycles. The van der Waals surface area contributed by atoms with Gasteiger partial charge >= 0.3 is 0 Å². The first-order valence-electron chi connectivity index (χ1n) is 6.92. The fraction of sp³-hybridized carbons (Fsp3) is 0.250. The van der Waals surface area contributed by atoms with E-state index in [1.54, 1.807) is 42.6 Å². The summed E-state index contributed by atoms with van der Waals surface area (Å²) in [5, 5.41) is 7.19. The van der Waals surface area contributed by atoms with Crippen molar-refractivity contribution in [3.8, 4) is 11.5 Å². The summed E-state index contributed by atoms with van der Waals surface area (Å²) in [6.07, 6.45) is 0. The zero-order chi connectivity index (χ0) is 16.8. The molecule has 6 nitrogen and oxygen atoms in total. The number of ether oxygens (including phenoxy) is 2. The van der Waals surface area contributed by atoms with Crippen molar-refractivity contribution in [2.24, 2.45) is 0 Å². The number of anilines is 1. The number of methoxy groups -OCH3 is 2. The number of benzene rings is 1. The molecular formula is C16H18N2O4S. The Hall–Kier alpha value is -2.54. The molecule has 122 valence electrons. The van der Waals surface area contributed by atoms with Gasteiger partial charge in [-0.1, -0.05) is 6.07 Å². The van der Waals surface area contributed by atoms with E-state index < -0.39 is 6.04 Å². The lowest BCUT2D eigenvalue weighted by Crippen LogP contribution is -2.41. The maximum absolute atomic E-state index is 12.3. The van der Waals surface area contributed by atoms with Crippen LogP contribution in [-0.4, -0.2) is 32.1 Å². The van der Waals surface area contributed by atoms with E-state index in [4.69, 9.17) is 9.47 Å². The third-order valence-electron chi connectivity index (χ3n) is 3.15. The van der Waals surface area contributed by atoms with Gasteiger partial charge in [0.15, 0.2) is 0 Å². The van der Waals surface area contributed by atoms with E-state index in [-0.39, 0.29) is 11.8 Å². The first-order valence-corrected chi connectivity index (χ1v) is 7.80. The van der Waals surface area contributed by atoms with E-state index in [0.29, 0.717) is 22.1 Å². The Morgan fingerprint density at radius 1 is 1.17 bits per heavy atom. The SMILES string of the molecule is COc1ccc(OC)c(NC(=O)C(C)NC(=O)c2cccs2)c1. The molecule has 23 heavy (non-hydrogen) atoms. The Kier molecular flexibility index (Phi) is 5.59. The number of carbonyl (C=O) groups excluding carboxylic acids is 2. The summed E-state index contributed by atoms with van der Waals surface area (Å²) in [6.45, 7) is 1.62. The zero-order valence-electron chi connectivity index (χ0n) is 13.1. The second-order valence-electron chi connectivity index (χ2n) is 4.73. The van der Waals surface area contributed by atoms with Gasteiger partial charge < -0.3 is 20.1 Å². The van der Waals surface area contributed by atoms with Crippen molar-refractivity contribution in [3.05, 3.63) is 40.6 Å². The van der Waals surface area contributed by atoms with Crippen LogP contribution in [0, 0.1) is 0 Å². The van der Waals surface area contributed by atoms with Crippen LogP contribution in [0.5, 0.6) is 11.5 Å². The van der Waals surface area contributed by atoms with Gasteiger partial charge in [-0.2, -0.15) is 0 Å². The lowest BCUT2D eigenvalue weighted by atomic mass is 10.2. The molecule has 1 unspecified atom stereocenters. The lowest BCUT2D eigenvalue weighted by Gasteiger charge is -2.16. The molecule has 0 aliphatic heterocycles. The normalized spacial score (nSPS) is 11.4. The summed E-state index contributed by atoms with van der Waals surface area (Å²) in [6, 6.07) is 7.88. The number of carbonyl (C=O) groups is 2. The first kappa shape index (κ1) is 16.8. The summed E-state index contributed by atoms with van der Waals surface area (Å²) < 4.78 is 10.3. The van der Waals surface area contributed by atoms with Crippen molar-refractivity contribution in [2.45, 2.75) is 13.0 Å². The van der Waals surface area contributed by atoms with Gasteiger partial charge in [-0.25, -0.2) is 0 Å². The third-order valence-corrected chi connectivity index (χ3v) is 4.02. The predicted octanol–water partition coefficient (Wildman–Crippen LogP) is 2.52. The lowest BCUT2D eigenvalue weighted by molar-refractivity contribution is -0.117. The number of hydrogen-bond acceptors (Lipinski definition) is 5. The van der Waals surface area contributed by atoms with Gasteiger partial charge in [0.1, 0.15) is 17.5 Å². The van der Waals surface area contributed by atoms with Crippen LogP contribution < -0.4 is 20.1 Å². The van der Waals surface area contributed by atoms with Crippen molar-refractivity contribution in [1.29, 1.82) is 0 Å². The second-order valence-corrected chi connectivity index (χ2v) is 5.68. The maximum Gasteiger partial charge on any atom is 0.261 e. The van der Waals surface area contributed by atoms with E-state index in [2.05, 4.69) is 10.6 Å². The fourth-order valence-corrected chi connectivity index (χ4v) is 2.52. The number of rotatable bonds is 6. The third kappa shape index (κ3) is 4.23. The van der Waals surface area contributed by atoms with Crippen LogP contribution in [0.2, 0.25) is 0 Å². The molecule has 1 aromatic heterocycles. The number of nitrogens with one attached hydrogen (secondary N) is 2. The minimum absolute atomic E-state index is 0.278. The summed E-state index contributed by atoms with van der Waals surface area (Å²) in [7, 11) is 3.05. The Morgan fingerprint density at radius 3 is 2.57 bits per heavy atom. The van der Waals surface area contributed by atoms with Gasteiger partial charge in [-0.3, -0.25) is 9.59 Å². The van der Waals surface area contributed by atoms with Crippen molar-refractivity contribution in [1.82, 2.24) is 5.32 Å². The standard InChI is InChI=1S/C16H18N2O4S/c1-10(17-16(20)14-5-4-8-23-14)15(19)18-12-9-11(21-2)6-7-13(12)22-3/h4-10H,1-3H3,(H,17,20)(H,18,19). The second kappa shape index (κ2) is 7.64. The highest BCUT2D eigenvalue weighted by Crippen LogP contribution is 2.28. The van der Waals surface area contributed by atoms with Gasteiger partial charge in [0.05, 0.1) is 24.8 Å². The molecule has 0 aliphatic carbocycles. The van der Waals surface area contributed by atoms with Crippen LogP contribution in [0.25, 0.3) is 0 Å². The van der Waals surface area contributed by atoms with Gasteiger partial charge in [0.25, 0.3) is 5.91 Å². The Morgan fingerprint density at radius 2 is 1.96 bits per heavy atom. The topological polar surface area (TPSA) is 76.7 Å². The maximum atomic E-state index is 12.3. The largest absolute Gasteiger partial charge is 0.497 e. The Labute approximate surface area is 138 Å². The van der Waals surface area contributed by atoms with Gasteiger partial charge in [0, 0.05) is 6.07 Å². The summed E-state index contributed by atoms with van der Waals surface area (Å²) in [5.41, 5.74) is 0.481. The summed E-state index contributed by atoms with van der Waals surface area (Å²) in [5.74, 6) is 0.481. The molecule has 1 atom stereocenters. The molecule has 1 aromatic carbocycles. The smallest absolute Gasteiger partial charge is 0.261 e. The van der Waals surface area contributed by atoms with Crippen molar-refractivity contribution in [2.75, 3.05) is 19.5 Å². The monoisotopic (exact) mass is 334 g/mol. The molecule has 0 fully saturated rings. The molecule has 0 spiro atoms. The minimum atomic E-state index is -0.694. The van der Waals surface area contributed by atoms with E-state index in [1.165, 1.54) is 25.6 Å². The zero-order valence-corrected chi connectivity index (χ0v) is 13.9. The molecule has 2 N–H and O–H groups in total. The molecular weight excluding hydrogens is 316 g/mol. The molecule has 7 heteroatoms. The summed E-state index contributed by atoms with van der Waals surface area (Å²) in [4.78, 5) is 24.8. The highest BCUT2D eigenvalue weighted by atomic mass is 32.1. The molecule has 2 rings (SSSR count). The van der Waals surface area contributed by atoms with E-state index in [1.807, 2.05) is 0 Å². The van der Waals surface area contributed by atoms with Crippen LogP contribution in [0.3, 0.4) is 0 Å². The first-order chi connectivity index (χ1) is 11.0. The molecule has 2 amide bonds. The molecule has 0 saturated carbocycles. The molecule has 1 heterocycles. The van der Waals surface area contributed by atoms with Gasteiger partial charge in [-0.05, 0) is 30.5 Å². The molecule has 0 radical (unpaired) electrons. The van der Waals surface area contributed by atoms with Crippen LogP contribution in [-0.2, 0) is 4.79 Å². The van der Waals surface area contributed by atoms with Gasteiger partial charge in [0.2, 0.25) is 5.91 Å². The minimum Gasteiger partial charge on any atom is -0.497 e. The highest BCUT2D eigenvalue weighted by Gasteiger charge is 2.18. The van der Waals surface area contributed by atoms with Crippen LogP contribution in [0.4, 0.5) is 5.69 Å². The van der Waals surface area contributed by atoms with Crippen LogP contribution >= 0.6 is 11.3 Å². The van der Waals surface area contributed by atoms with Crippen LogP contribution in [0.1, 0.15) is 16.6 Å². The number of hydrogen-bond donors (Lipinski definition) is 2. The molecule has 2 aromatic rings. The van der Waals surface area contributed by atoms with Gasteiger partial charge in [-0.15, -0.1) is 11.3 Å². The molecule has 0 bridgehead atoms. The van der Waals surface area contributed by atoms with Crippen molar-refractivity contribution in [3.63, 3.8) is 0 Å². The van der Waals surface area contributed by atoms with Crippen molar-refractivity contribution >= 4 is 28.8 Å². The van der Waals surface area contributed by atoms with E-state index in [0.717, 1.165) is 0 Å². The predicted molar refractivity (Wildman–Crippen MR) is 89.4 cm³/mol. The Balaban J connectivity index is 2.04. The van der Waals surface area contributed by atoms with Crippen LogP contribution in [0.15, 0.2) is 35.7 Å². The van der Waals surface area contributed by atoms with Crippen molar-refractivity contribution < 1.29 is 19.1 Å².